The molecule has 3 aliphatic heterocycles. The van der Waals surface area contributed by atoms with Gasteiger partial charge in [0, 0.05) is 50.9 Å². The molecule has 1 aromatic carbocycles. The van der Waals surface area contributed by atoms with Crippen LogP contribution < -0.4 is 20.4 Å². The van der Waals surface area contributed by atoms with Gasteiger partial charge in [0.25, 0.3) is 5.91 Å². The number of pyridine rings is 1. The normalized spacial score (nSPS) is 22.0. The fraction of sp³-hybridized carbons (Fsp3) is 0.480. The lowest BCUT2D eigenvalue weighted by Crippen LogP contribution is -2.46. The summed E-state index contributed by atoms with van der Waals surface area (Å²) < 4.78 is 30.0. The maximum atomic E-state index is 15.4. The molecule has 35 heavy (non-hydrogen) atoms. The summed E-state index contributed by atoms with van der Waals surface area (Å²) in [6, 6.07) is 6.87. The molecule has 6 rings (SSSR count). The van der Waals surface area contributed by atoms with E-state index in [1.807, 2.05) is 21.9 Å². The van der Waals surface area contributed by atoms with Crippen LogP contribution in [0, 0.1) is 11.8 Å². The number of hydrogen-bond acceptors (Lipinski definition) is 6. The van der Waals surface area contributed by atoms with Crippen molar-refractivity contribution in [3.63, 3.8) is 0 Å². The van der Waals surface area contributed by atoms with Crippen molar-refractivity contribution in [1.82, 2.24) is 15.2 Å². The van der Waals surface area contributed by atoms with Gasteiger partial charge in [0.1, 0.15) is 17.4 Å². The number of nitrogens with one attached hydrogen (secondary N) is 2. The summed E-state index contributed by atoms with van der Waals surface area (Å²) in [5.41, 5.74) is 2.04. The molecule has 1 saturated carbocycles. The zero-order chi connectivity index (χ0) is 24.1. The van der Waals surface area contributed by atoms with E-state index in [0.717, 1.165) is 37.9 Å². The third kappa shape index (κ3) is 4.20. The smallest absolute Gasteiger partial charge is 0.270 e. The van der Waals surface area contributed by atoms with Gasteiger partial charge in [-0.25, -0.2) is 9.37 Å². The highest BCUT2D eigenvalue weighted by Crippen LogP contribution is 2.39. The molecule has 10 heteroatoms. The van der Waals surface area contributed by atoms with Gasteiger partial charge in [-0.15, -0.1) is 0 Å². The SMILES string of the molecule is O=C(NC1CC1)c1ccc(N2CCN(Cc3ccc4c(c3F)NC(=O)C3CCCN43)CC2)c(F)n1. The van der Waals surface area contributed by atoms with Crippen LogP contribution in [0.3, 0.4) is 0 Å². The van der Waals surface area contributed by atoms with Crippen molar-refractivity contribution in [2.75, 3.05) is 47.8 Å². The highest BCUT2D eigenvalue weighted by Gasteiger charge is 2.38. The predicted molar refractivity (Wildman–Crippen MR) is 128 cm³/mol. The number of fused-ring (bicyclic) bond motifs is 3. The highest BCUT2D eigenvalue weighted by molar-refractivity contribution is 6.04. The number of aromatic nitrogens is 1. The topological polar surface area (TPSA) is 80.8 Å². The molecule has 1 unspecified atom stereocenters. The molecule has 184 valence electrons. The average Bonchev–Trinajstić information content (AvgIpc) is 3.52. The lowest BCUT2D eigenvalue weighted by atomic mass is 10.1. The molecule has 4 heterocycles. The summed E-state index contributed by atoms with van der Waals surface area (Å²) in [5, 5.41) is 5.60. The van der Waals surface area contributed by atoms with E-state index in [-0.39, 0.29) is 41.1 Å². The van der Waals surface area contributed by atoms with Gasteiger partial charge < -0.3 is 20.4 Å². The van der Waals surface area contributed by atoms with Crippen molar-refractivity contribution < 1.29 is 18.4 Å². The minimum atomic E-state index is -0.654. The lowest BCUT2D eigenvalue weighted by molar-refractivity contribution is -0.117. The summed E-state index contributed by atoms with van der Waals surface area (Å²) in [4.78, 5) is 34.4. The molecule has 0 radical (unpaired) electrons. The number of benzene rings is 1. The molecule has 1 aliphatic carbocycles. The maximum Gasteiger partial charge on any atom is 0.270 e. The van der Waals surface area contributed by atoms with E-state index in [4.69, 9.17) is 0 Å². The van der Waals surface area contributed by atoms with Crippen LogP contribution >= 0.6 is 0 Å². The second-order valence-electron chi connectivity index (χ2n) is 9.79. The van der Waals surface area contributed by atoms with E-state index in [0.29, 0.717) is 44.0 Å². The zero-order valence-corrected chi connectivity index (χ0v) is 19.4. The molecule has 1 aromatic heterocycles. The minimum absolute atomic E-state index is 0.0898. The Morgan fingerprint density at radius 1 is 1.03 bits per heavy atom. The second kappa shape index (κ2) is 8.75. The number of carbonyl (C=O) groups is 2. The molecule has 0 bridgehead atoms. The van der Waals surface area contributed by atoms with Crippen molar-refractivity contribution in [2.24, 2.45) is 0 Å². The number of carbonyl (C=O) groups excluding carboxylic acids is 2. The van der Waals surface area contributed by atoms with Crippen LogP contribution in [0.4, 0.5) is 25.8 Å². The van der Waals surface area contributed by atoms with Crippen LogP contribution in [0.25, 0.3) is 0 Å². The van der Waals surface area contributed by atoms with Crippen molar-refractivity contribution in [1.29, 1.82) is 0 Å². The zero-order valence-electron chi connectivity index (χ0n) is 19.4. The average molecular weight is 483 g/mol. The van der Waals surface area contributed by atoms with Crippen LogP contribution in [0.5, 0.6) is 0 Å². The number of piperazine rings is 1. The molecule has 2 amide bonds. The van der Waals surface area contributed by atoms with Crippen molar-refractivity contribution in [2.45, 2.75) is 44.3 Å². The fourth-order valence-electron chi connectivity index (χ4n) is 5.29. The second-order valence-corrected chi connectivity index (χ2v) is 9.79. The maximum absolute atomic E-state index is 15.4. The minimum Gasteiger partial charge on any atom is -0.365 e. The van der Waals surface area contributed by atoms with Crippen LogP contribution in [0.15, 0.2) is 24.3 Å². The molecular formula is C25H28F2N6O2. The van der Waals surface area contributed by atoms with E-state index in [1.165, 1.54) is 0 Å². The van der Waals surface area contributed by atoms with Gasteiger partial charge in [0.05, 0.1) is 11.4 Å². The van der Waals surface area contributed by atoms with E-state index < -0.39 is 5.95 Å². The number of amides is 2. The van der Waals surface area contributed by atoms with Gasteiger partial charge >= 0.3 is 0 Å². The summed E-state index contributed by atoms with van der Waals surface area (Å²) in [7, 11) is 0. The Morgan fingerprint density at radius 3 is 2.54 bits per heavy atom. The Labute approximate surface area is 202 Å². The molecule has 2 saturated heterocycles. The molecule has 4 aliphatic rings. The predicted octanol–water partition coefficient (Wildman–Crippen LogP) is 2.50. The third-order valence-electron chi connectivity index (χ3n) is 7.39. The molecule has 0 spiro atoms. The Hall–Kier alpha value is -3.27. The summed E-state index contributed by atoms with van der Waals surface area (Å²) >= 11 is 0. The Bertz CT molecular complexity index is 1180. The van der Waals surface area contributed by atoms with Gasteiger partial charge in [-0.3, -0.25) is 14.5 Å². The van der Waals surface area contributed by atoms with Crippen LogP contribution in [0.1, 0.15) is 41.7 Å². The van der Waals surface area contributed by atoms with Crippen LogP contribution in [-0.4, -0.2) is 66.5 Å². The molecule has 8 nitrogen and oxygen atoms in total. The van der Waals surface area contributed by atoms with E-state index in [1.54, 1.807) is 12.1 Å². The first kappa shape index (κ1) is 22.2. The molecular weight excluding hydrogens is 454 g/mol. The monoisotopic (exact) mass is 482 g/mol. The molecule has 3 fully saturated rings. The quantitative estimate of drug-likeness (QED) is 0.638. The standard InChI is InChI=1S/C25H28F2N6O2/c26-21-15(3-7-18-22(21)30-25(35)20-2-1-9-33(18)20)14-31-10-12-32(13-11-31)19-8-6-17(29-23(19)27)24(34)28-16-4-5-16/h3,6-8,16,20H,1-2,4-5,9-14H2,(H,28,34)(H,30,35). The van der Waals surface area contributed by atoms with Gasteiger partial charge in [-0.05, 0) is 43.9 Å². The molecule has 2 aromatic rings. The van der Waals surface area contributed by atoms with Gasteiger partial charge in [0.15, 0.2) is 5.82 Å². The first-order valence-corrected chi connectivity index (χ1v) is 12.3. The lowest BCUT2D eigenvalue weighted by Gasteiger charge is -2.37. The summed E-state index contributed by atoms with van der Waals surface area (Å²) in [6.45, 7) is 3.55. The van der Waals surface area contributed by atoms with Crippen molar-refractivity contribution in [3.05, 3.63) is 47.3 Å². The first-order valence-electron chi connectivity index (χ1n) is 12.3. The number of hydrogen-bond donors (Lipinski definition) is 2. The largest absolute Gasteiger partial charge is 0.365 e. The summed E-state index contributed by atoms with van der Waals surface area (Å²) in [5.74, 6) is -1.50. The molecule has 2 N–H and O–H groups in total. The van der Waals surface area contributed by atoms with E-state index >= 15 is 4.39 Å². The Balaban J connectivity index is 1.10. The third-order valence-corrected chi connectivity index (χ3v) is 7.39. The Morgan fingerprint density at radius 2 is 1.80 bits per heavy atom. The Kier molecular flexibility index (Phi) is 5.55. The molecule has 1 atom stereocenters. The van der Waals surface area contributed by atoms with Gasteiger partial charge in [-0.1, -0.05) is 6.07 Å². The number of halogens is 2. The van der Waals surface area contributed by atoms with E-state index in [2.05, 4.69) is 20.5 Å². The van der Waals surface area contributed by atoms with Gasteiger partial charge in [0.2, 0.25) is 11.9 Å². The summed E-state index contributed by atoms with van der Waals surface area (Å²) in [6.07, 6.45) is 3.64. The van der Waals surface area contributed by atoms with Crippen LogP contribution in [-0.2, 0) is 11.3 Å². The first-order chi connectivity index (χ1) is 17.0. The fourth-order valence-corrected chi connectivity index (χ4v) is 5.29. The number of nitrogens with zero attached hydrogens (tertiary/aromatic N) is 4. The van der Waals surface area contributed by atoms with Gasteiger partial charge in [-0.2, -0.15) is 4.39 Å². The number of anilines is 3. The van der Waals surface area contributed by atoms with Crippen LogP contribution in [0.2, 0.25) is 0 Å². The van der Waals surface area contributed by atoms with Crippen molar-refractivity contribution in [3.8, 4) is 0 Å². The number of rotatable bonds is 5. The van der Waals surface area contributed by atoms with E-state index in [9.17, 15) is 14.0 Å². The highest BCUT2D eigenvalue weighted by atomic mass is 19.1. The van der Waals surface area contributed by atoms with Crippen molar-refractivity contribution >= 4 is 28.9 Å².